The Hall–Kier alpha value is -2.40. The Morgan fingerprint density at radius 3 is 1.93 bits per heavy atom. The number of halogens is 3. The molecule has 2 rings (SSSR count). The predicted octanol–water partition coefficient (Wildman–Crippen LogP) is 5.45. The van der Waals surface area contributed by atoms with Crippen LogP contribution in [0, 0.1) is 0 Å². The Bertz CT molecular complexity index is 931. The van der Waals surface area contributed by atoms with Gasteiger partial charge in [0, 0.05) is 6.54 Å². The maximum Gasteiger partial charge on any atom is 0.426 e. The van der Waals surface area contributed by atoms with Crippen LogP contribution in [0.25, 0.3) is 10.2 Å². The first-order valence-electron chi connectivity index (χ1n) is 8.98. The van der Waals surface area contributed by atoms with Gasteiger partial charge in [0.05, 0.1) is 15.8 Å². The summed E-state index contributed by atoms with van der Waals surface area (Å²) in [7, 11) is 0. The normalized spacial score (nSPS) is 12.7. The zero-order valence-electron chi connectivity index (χ0n) is 17.5. The van der Waals surface area contributed by atoms with E-state index in [0.717, 1.165) is 23.5 Å². The number of fused-ring (bicyclic) bond motifs is 1. The number of amides is 2. The van der Waals surface area contributed by atoms with Crippen LogP contribution in [-0.4, -0.2) is 28.4 Å². The maximum absolute atomic E-state index is 13.2. The summed E-state index contributed by atoms with van der Waals surface area (Å²) in [5, 5.41) is -0.178. The number of hydrogen-bond donors (Lipinski definition) is 1. The molecule has 1 aromatic heterocycles. The van der Waals surface area contributed by atoms with E-state index in [1.54, 1.807) is 41.5 Å². The molecular formula is C19H24F3N3O4S. The van der Waals surface area contributed by atoms with Gasteiger partial charge < -0.3 is 15.2 Å². The highest BCUT2D eigenvalue weighted by molar-refractivity contribution is 7.22. The van der Waals surface area contributed by atoms with Crippen molar-refractivity contribution >= 4 is 38.9 Å². The minimum absolute atomic E-state index is 0.123. The largest absolute Gasteiger partial charge is 0.443 e. The third kappa shape index (κ3) is 5.82. The van der Waals surface area contributed by atoms with Crippen molar-refractivity contribution in [1.82, 2.24) is 4.98 Å². The van der Waals surface area contributed by atoms with Gasteiger partial charge in [-0.1, -0.05) is 11.3 Å². The Morgan fingerprint density at radius 1 is 1.03 bits per heavy atom. The Balaban J connectivity index is 2.62. The molecule has 166 valence electrons. The molecule has 11 heteroatoms. The molecular weight excluding hydrogens is 423 g/mol. The molecule has 0 aliphatic carbocycles. The standard InChI is InChI=1S/C19H24F3N3O4S/c1-17(2,3)28-15(26)25(16(27)29-18(4,5)6)14-24-13-10(9-23)7-11(19(20,21)22)8-12(13)30-14/h7-8H,9,23H2,1-6H3. The highest BCUT2D eigenvalue weighted by atomic mass is 32.1. The quantitative estimate of drug-likeness (QED) is 0.658. The van der Waals surface area contributed by atoms with Crippen molar-refractivity contribution in [2.24, 2.45) is 5.73 Å². The Morgan fingerprint density at radius 2 is 1.53 bits per heavy atom. The van der Waals surface area contributed by atoms with Crippen LogP contribution in [-0.2, 0) is 22.2 Å². The first-order valence-corrected chi connectivity index (χ1v) is 9.80. The van der Waals surface area contributed by atoms with Crippen LogP contribution in [0.4, 0.5) is 27.9 Å². The molecule has 0 saturated carbocycles. The lowest BCUT2D eigenvalue weighted by Gasteiger charge is -2.27. The number of benzene rings is 1. The van der Waals surface area contributed by atoms with E-state index < -0.39 is 35.1 Å². The molecule has 0 fully saturated rings. The minimum Gasteiger partial charge on any atom is -0.443 e. The van der Waals surface area contributed by atoms with Crippen LogP contribution in [0.15, 0.2) is 12.1 Å². The van der Waals surface area contributed by atoms with E-state index >= 15 is 0 Å². The molecule has 1 aromatic carbocycles. The van der Waals surface area contributed by atoms with Crippen molar-refractivity contribution in [3.63, 3.8) is 0 Å². The number of anilines is 1. The molecule has 0 bridgehead atoms. The van der Waals surface area contributed by atoms with Gasteiger partial charge in [-0.05, 0) is 59.2 Å². The molecule has 0 radical (unpaired) electrons. The number of hydrogen-bond acceptors (Lipinski definition) is 7. The average molecular weight is 447 g/mol. The van der Waals surface area contributed by atoms with Crippen molar-refractivity contribution in [2.45, 2.75) is 65.5 Å². The summed E-state index contributed by atoms with van der Waals surface area (Å²) in [6, 6.07) is 1.80. The monoisotopic (exact) mass is 447 g/mol. The van der Waals surface area contributed by atoms with Crippen molar-refractivity contribution in [2.75, 3.05) is 4.90 Å². The maximum atomic E-state index is 13.2. The third-order valence-corrected chi connectivity index (χ3v) is 4.44. The average Bonchev–Trinajstić information content (AvgIpc) is 2.92. The second-order valence-corrected chi connectivity index (χ2v) is 9.49. The number of carbonyl (C=O) groups is 2. The molecule has 2 aromatic rings. The molecule has 2 N–H and O–H groups in total. The van der Waals surface area contributed by atoms with E-state index in [2.05, 4.69) is 4.98 Å². The number of thiazole rings is 1. The number of nitrogens with two attached hydrogens (primary N) is 1. The highest BCUT2D eigenvalue weighted by Gasteiger charge is 2.36. The van der Waals surface area contributed by atoms with Crippen LogP contribution in [0.1, 0.15) is 52.7 Å². The molecule has 0 aliphatic heterocycles. The topological polar surface area (TPSA) is 94.8 Å². The molecule has 7 nitrogen and oxygen atoms in total. The zero-order valence-corrected chi connectivity index (χ0v) is 18.3. The van der Waals surface area contributed by atoms with Gasteiger partial charge in [-0.2, -0.15) is 18.1 Å². The van der Waals surface area contributed by atoms with E-state index in [9.17, 15) is 22.8 Å². The van der Waals surface area contributed by atoms with Gasteiger partial charge in [-0.3, -0.25) is 0 Å². The first kappa shape index (κ1) is 23.9. The van der Waals surface area contributed by atoms with Crippen molar-refractivity contribution in [3.8, 4) is 0 Å². The van der Waals surface area contributed by atoms with Gasteiger partial charge in [0.25, 0.3) is 0 Å². The fraction of sp³-hybridized carbons (Fsp3) is 0.526. The number of imide groups is 1. The lowest BCUT2D eigenvalue weighted by atomic mass is 10.1. The summed E-state index contributed by atoms with van der Waals surface area (Å²) in [4.78, 5) is 30.2. The summed E-state index contributed by atoms with van der Waals surface area (Å²) in [5.74, 6) is 0. The number of nitrogens with zero attached hydrogens (tertiary/aromatic N) is 2. The molecule has 0 spiro atoms. The number of rotatable bonds is 2. The number of ether oxygens (including phenoxy) is 2. The molecule has 1 heterocycles. The summed E-state index contributed by atoms with van der Waals surface area (Å²) < 4.78 is 50.3. The van der Waals surface area contributed by atoms with Gasteiger partial charge in [-0.15, -0.1) is 0 Å². The molecule has 0 saturated heterocycles. The summed E-state index contributed by atoms with van der Waals surface area (Å²) in [5.41, 5.74) is 3.15. The van der Waals surface area contributed by atoms with Crippen molar-refractivity contribution in [3.05, 3.63) is 23.3 Å². The van der Waals surface area contributed by atoms with Gasteiger partial charge in [0.1, 0.15) is 11.2 Å². The fourth-order valence-electron chi connectivity index (χ4n) is 2.35. The van der Waals surface area contributed by atoms with Crippen LogP contribution in [0.5, 0.6) is 0 Å². The van der Waals surface area contributed by atoms with Crippen LogP contribution < -0.4 is 10.6 Å². The van der Waals surface area contributed by atoms with Crippen LogP contribution >= 0.6 is 11.3 Å². The van der Waals surface area contributed by atoms with Gasteiger partial charge in [-0.25, -0.2) is 14.6 Å². The summed E-state index contributed by atoms with van der Waals surface area (Å²) in [6.45, 7) is 9.45. The highest BCUT2D eigenvalue weighted by Crippen LogP contribution is 2.38. The number of carbonyl (C=O) groups excluding carboxylic acids is 2. The van der Waals surface area contributed by atoms with Crippen LogP contribution in [0.2, 0.25) is 0 Å². The number of alkyl halides is 3. The number of aromatic nitrogens is 1. The third-order valence-electron chi connectivity index (χ3n) is 3.45. The second kappa shape index (κ2) is 8.03. The lowest BCUT2D eigenvalue weighted by molar-refractivity contribution is -0.137. The summed E-state index contributed by atoms with van der Waals surface area (Å²) in [6.07, 6.45) is -6.69. The van der Waals surface area contributed by atoms with Gasteiger partial charge in [0.2, 0.25) is 5.13 Å². The molecule has 0 atom stereocenters. The van der Waals surface area contributed by atoms with Crippen molar-refractivity contribution < 1.29 is 32.2 Å². The molecule has 0 aliphatic rings. The zero-order chi connectivity index (χ0) is 23.1. The summed E-state index contributed by atoms with van der Waals surface area (Å²) >= 11 is 0.731. The van der Waals surface area contributed by atoms with Crippen molar-refractivity contribution in [1.29, 1.82) is 0 Å². The smallest absolute Gasteiger partial charge is 0.426 e. The molecule has 0 unspecified atom stereocenters. The minimum atomic E-state index is -4.59. The van der Waals surface area contributed by atoms with E-state index in [1.807, 2.05) is 0 Å². The van der Waals surface area contributed by atoms with E-state index in [-0.39, 0.29) is 27.5 Å². The Labute approximate surface area is 175 Å². The van der Waals surface area contributed by atoms with Crippen LogP contribution in [0.3, 0.4) is 0 Å². The first-order chi connectivity index (χ1) is 13.5. The fourth-order valence-corrected chi connectivity index (χ4v) is 3.38. The Kier molecular flexibility index (Phi) is 6.39. The van der Waals surface area contributed by atoms with Gasteiger partial charge in [0.15, 0.2) is 0 Å². The van der Waals surface area contributed by atoms with E-state index in [1.165, 1.54) is 0 Å². The lowest BCUT2D eigenvalue weighted by Crippen LogP contribution is -2.43. The molecule has 2 amide bonds. The van der Waals surface area contributed by atoms with Gasteiger partial charge >= 0.3 is 18.4 Å². The SMILES string of the molecule is CC(C)(C)OC(=O)N(C(=O)OC(C)(C)C)c1nc2c(CN)cc(C(F)(F)F)cc2s1. The van der Waals surface area contributed by atoms with E-state index in [0.29, 0.717) is 4.90 Å². The second-order valence-electron chi connectivity index (χ2n) is 8.48. The molecule has 30 heavy (non-hydrogen) atoms. The van der Waals surface area contributed by atoms with E-state index in [4.69, 9.17) is 15.2 Å². The predicted molar refractivity (Wildman–Crippen MR) is 107 cm³/mol.